The Morgan fingerprint density at radius 3 is 2.42 bits per heavy atom. The van der Waals surface area contributed by atoms with Gasteiger partial charge in [0, 0.05) is 11.1 Å². The predicted molar refractivity (Wildman–Crippen MR) is 75.0 cm³/mol. The zero-order chi connectivity index (χ0) is 13.7. The fourth-order valence-electron chi connectivity index (χ4n) is 1.70. The lowest BCUT2D eigenvalue weighted by molar-refractivity contribution is 0.228. The molecule has 0 bridgehead atoms. The van der Waals surface area contributed by atoms with Gasteiger partial charge in [0.05, 0.1) is 0 Å². The quantitative estimate of drug-likeness (QED) is 0.812. The lowest BCUT2D eigenvalue weighted by atomic mass is 10.0. The van der Waals surface area contributed by atoms with E-state index in [0.29, 0.717) is 12.0 Å². The highest BCUT2D eigenvalue weighted by molar-refractivity contribution is 5.64. The van der Waals surface area contributed by atoms with Gasteiger partial charge in [-0.1, -0.05) is 49.1 Å². The highest BCUT2D eigenvalue weighted by atomic mass is 19.1. The minimum absolute atomic E-state index is 0.234. The van der Waals surface area contributed by atoms with E-state index < -0.39 is 6.10 Å². The van der Waals surface area contributed by atoms with Crippen molar-refractivity contribution in [1.82, 2.24) is 0 Å². The summed E-state index contributed by atoms with van der Waals surface area (Å²) >= 11 is 0. The number of halogens is 1. The van der Waals surface area contributed by atoms with E-state index in [2.05, 4.69) is 11.8 Å². The van der Waals surface area contributed by atoms with E-state index in [0.717, 1.165) is 11.1 Å². The van der Waals surface area contributed by atoms with E-state index in [-0.39, 0.29) is 5.82 Å². The Hall–Kier alpha value is -2.11. The van der Waals surface area contributed by atoms with Crippen LogP contribution in [0.25, 0.3) is 11.1 Å². The first kappa shape index (κ1) is 13.3. The molecule has 0 radical (unpaired) electrons. The summed E-state index contributed by atoms with van der Waals surface area (Å²) in [6, 6.07) is 14.0. The Balaban J connectivity index is 2.24. The fourth-order valence-corrected chi connectivity index (χ4v) is 1.70. The minimum atomic E-state index is -0.591. The van der Waals surface area contributed by atoms with Crippen molar-refractivity contribution in [3.8, 4) is 23.0 Å². The fraction of sp³-hybridized carbons (Fsp3) is 0.176. The number of aliphatic hydroxyl groups is 1. The van der Waals surface area contributed by atoms with Crippen molar-refractivity contribution < 1.29 is 9.50 Å². The summed E-state index contributed by atoms with van der Waals surface area (Å²) in [4.78, 5) is 0. The SMILES string of the molecule is CCC(O)C#Cc1ccc(-c2ccccc2F)cc1. The van der Waals surface area contributed by atoms with E-state index >= 15 is 0 Å². The van der Waals surface area contributed by atoms with Gasteiger partial charge in [-0.2, -0.15) is 0 Å². The van der Waals surface area contributed by atoms with Crippen LogP contribution in [0.1, 0.15) is 18.9 Å². The van der Waals surface area contributed by atoms with E-state index in [9.17, 15) is 9.50 Å². The van der Waals surface area contributed by atoms with Crippen LogP contribution in [0.4, 0.5) is 4.39 Å². The van der Waals surface area contributed by atoms with E-state index in [4.69, 9.17) is 0 Å². The van der Waals surface area contributed by atoms with Crippen LogP contribution in [0.3, 0.4) is 0 Å². The molecule has 2 aromatic carbocycles. The molecule has 0 aliphatic carbocycles. The summed E-state index contributed by atoms with van der Waals surface area (Å²) in [5.41, 5.74) is 2.21. The summed E-state index contributed by atoms with van der Waals surface area (Å²) in [7, 11) is 0. The molecule has 1 atom stereocenters. The van der Waals surface area contributed by atoms with Crippen LogP contribution in [-0.2, 0) is 0 Å². The molecule has 0 aliphatic rings. The summed E-state index contributed by atoms with van der Waals surface area (Å²) in [5.74, 6) is 5.41. The van der Waals surface area contributed by atoms with Gasteiger partial charge < -0.3 is 5.11 Å². The zero-order valence-corrected chi connectivity index (χ0v) is 10.7. The van der Waals surface area contributed by atoms with Gasteiger partial charge >= 0.3 is 0 Å². The molecule has 1 N–H and O–H groups in total. The Labute approximate surface area is 112 Å². The number of rotatable bonds is 2. The number of hydrogen-bond donors (Lipinski definition) is 1. The molecule has 96 valence electrons. The maximum Gasteiger partial charge on any atom is 0.131 e. The Bertz CT molecular complexity index is 605. The Morgan fingerprint density at radius 1 is 1.11 bits per heavy atom. The maximum absolute atomic E-state index is 13.6. The van der Waals surface area contributed by atoms with Crippen molar-refractivity contribution >= 4 is 0 Å². The molecule has 0 saturated carbocycles. The summed E-state index contributed by atoms with van der Waals surface area (Å²) < 4.78 is 13.6. The van der Waals surface area contributed by atoms with Crippen molar-refractivity contribution in [1.29, 1.82) is 0 Å². The van der Waals surface area contributed by atoms with Crippen molar-refractivity contribution in [2.45, 2.75) is 19.4 Å². The monoisotopic (exact) mass is 254 g/mol. The lowest BCUT2D eigenvalue weighted by Gasteiger charge is -2.03. The average molecular weight is 254 g/mol. The summed E-state index contributed by atoms with van der Waals surface area (Å²) in [6.07, 6.45) is 0.0200. The van der Waals surface area contributed by atoms with Crippen molar-refractivity contribution in [3.63, 3.8) is 0 Å². The molecule has 2 rings (SSSR count). The molecular weight excluding hydrogens is 239 g/mol. The second kappa shape index (κ2) is 6.17. The van der Waals surface area contributed by atoms with E-state index in [1.165, 1.54) is 6.07 Å². The third-order valence-electron chi connectivity index (χ3n) is 2.84. The van der Waals surface area contributed by atoms with E-state index in [1.807, 2.05) is 37.3 Å². The maximum atomic E-state index is 13.6. The first-order valence-corrected chi connectivity index (χ1v) is 6.25. The second-order valence-electron chi connectivity index (χ2n) is 4.25. The second-order valence-corrected chi connectivity index (χ2v) is 4.25. The van der Waals surface area contributed by atoms with Gasteiger partial charge in [0.15, 0.2) is 0 Å². The molecule has 19 heavy (non-hydrogen) atoms. The topological polar surface area (TPSA) is 20.2 Å². The van der Waals surface area contributed by atoms with Gasteiger partial charge in [0.2, 0.25) is 0 Å². The van der Waals surface area contributed by atoms with Crippen LogP contribution >= 0.6 is 0 Å². The molecule has 2 heteroatoms. The van der Waals surface area contributed by atoms with Crippen LogP contribution in [-0.4, -0.2) is 11.2 Å². The van der Waals surface area contributed by atoms with Gasteiger partial charge in [0.1, 0.15) is 11.9 Å². The van der Waals surface area contributed by atoms with Gasteiger partial charge in [-0.3, -0.25) is 0 Å². The van der Waals surface area contributed by atoms with Crippen LogP contribution in [0.2, 0.25) is 0 Å². The molecule has 1 unspecified atom stereocenters. The summed E-state index contributed by atoms with van der Waals surface area (Å²) in [5, 5.41) is 9.37. The molecule has 0 amide bonds. The molecule has 0 spiro atoms. The van der Waals surface area contributed by atoms with Crippen LogP contribution < -0.4 is 0 Å². The molecular formula is C17H15FO. The molecule has 0 heterocycles. The zero-order valence-electron chi connectivity index (χ0n) is 10.7. The van der Waals surface area contributed by atoms with Gasteiger partial charge in [-0.05, 0) is 30.2 Å². The van der Waals surface area contributed by atoms with Gasteiger partial charge in [0.25, 0.3) is 0 Å². The molecule has 0 fully saturated rings. The highest BCUT2D eigenvalue weighted by Crippen LogP contribution is 2.22. The molecule has 0 aliphatic heterocycles. The normalized spacial score (nSPS) is 11.5. The molecule has 0 saturated heterocycles. The smallest absolute Gasteiger partial charge is 0.131 e. The van der Waals surface area contributed by atoms with Crippen molar-refractivity contribution in [2.24, 2.45) is 0 Å². The first-order valence-electron chi connectivity index (χ1n) is 6.25. The van der Waals surface area contributed by atoms with Crippen LogP contribution in [0.5, 0.6) is 0 Å². The highest BCUT2D eigenvalue weighted by Gasteiger charge is 2.03. The largest absolute Gasteiger partial charge is 0.380 e. The lowest BCUT2D eigenvalue weighted by Crippen LogP contribution is -1.98. The molecule has 2 aromatic rings. The Morgan fingerprint density at radius 2 is 1.79 bits per heavy atom. The van der Waals surface area contributed by atoms with Crippen molar-refractivity contribution in [2.75, 3.05) is 0 Å². The van der Waals surface area contributed by atoms with Gasteiger partial charge in [-0.25, -0.2) is 4.39 Å². The third-order valence-corrected chi connectivity index (χ3v) is 2.84. The number of aliphatic hydroxyl groups excluding tert-OH is 1. The minimum Gasteiger partial charge on any atom is -0.380 e. The van der Waals surface area contributed by atoms with Crippen LogP contribution in [0.15, 0.2) is 48.5 Å². The average Bonchev–Trinajstić information content (AvgIpc) is 2.46. The molecule has 0 aromatic heterocycles. The molecule has 1 nitrogen and oxygen atoms in total. The number of benzene rings is 2. The van der Waals surface area contributed by atoms with E-state index in [1.54, 1.807) is 12.1 Å². The Kier molecular flexibility index (Phi) is 4.33. The summed E-state index contributed by atoms with van der Waals surface area (Å²) in [6.45, 7) is 1.88. The third kappa shape index (κ3) is 3.43. The predicted octanol–water partition coefficient (Wildman–Crippen LogP) is 3.62. The number of hydrogen-bond acceptors (Lipinski definition) is 1. The van der Waals surface area contributed by atoms with Crippen molar-refractivity contribution in [3.05, 3.63) is 59.9 Å². The first-order chi connectivity index (χ1) is 9.20. The van der Waals surface area contributed by atoms with Crippen LogP contribution in [0, 0.1) is 17.7 Å². The van der Waals surface area contributed by atoms with Gasteiger partial charge in [-0.15, -0.1) is 0 Å². The standard InChI is InChI=1S/C17H15FO/c1-2-15(19)12-9-13-7-10-14(11-8-13)16-5-3-4-6-17(16)18/h3-8,10-11,15,19H,2H2,1H3.